The number of hydrogen-bond donors (Lipinski definition) is 1. The standard InChI is InChI=1S/C20H26N4O2S/c1-15-14-27-18(22-15)13-23(2)19(25)12-17-20(26)21-9-11-24(17)10-8-16-6-4-3-5-7-16/h3-7,14,17H,8-13H2,1-2H3,(H,21,26). The van der Waals surface area contributed by atoms with E-state index < -0.39 is 6.04 Å². The van der Waals surface area contributed by atoms with Gasteiger partial charge >= 0.3 is 0 Å². The van der Waals surface area contributed by atoms with Crippen molar-refractivity contribution in [1.82, 2.24) is 20.1 Å². The summed E-state index contributed by atoms with van der Waals surface area (Å²) in [5, 5.41) is 5.79. The van der Waals surface area contributed by atoms with Gasteiger partial charge in [0.05, 0.1) is 19.0 Å². The predicted octanol–water partition coefficient (Wildman–Crippen LogP) is 1.84. The van der Waals surface area contributed by atoms with E-state index in [2.05, 4.69) is 27.3 Å². The fourth-order valence-corrected chi connectivity index (χ4v) is 4.08. The van der Waals surface area contributed by atoms with Crippen molar-refractivity contribution in [2.75, 3.05) is 26.7 Å². The maximum atomic E-state index is 12.7. The normalized spacial score (nSPS) is 17.6. The number of nitrogens with zero attached hydrogens (tertiary/aromatic N) is 3. The van der Waals surface area contributed by atoms with Crippen LogP contribution in [0.3, 0.4) is 0 Å². The van der Waals surface area contributed by atoms with E-state index in [-0.39, 0.29) is 18.2 Å². The first kappa shape index (κ1) is 19.5. The van der Waals surface area contributed by atoms with Gasteiger partial charge in [0.1, 0.15) is 5.01 Å². The Morgan fingerprint density at radius 1 is 1.37 bits per heavy atom. The highest BCUT2D eigenvalue weighted by Crippen LogP contribution is 2.15. The van der Waals surface area contributed by atoms with Crippen molar-refractivity contribution in [3.8, 4) is 0 Å². The smallest absolute Gasteiger partial charge is 0.237 e. The molecule has 144 valence electrons. The molecule has 27 heavy (non-hydrogen) atoms. The number of nitrogens with one attached hydrogen (secondary N) is 1. The minimum Gasteiger partial charge on any atom is -0.353 e. The number of thiazole rings is 1. The molecule has 0 radical (unpaired) electrons. The third kappa shape index (κ3) is 5.37. The second-order valence-corrected chi connectivity index (χ2v) is 7.86. The average molecular weight is 387 g/mol. The quantitative estimate of drug-likeness (QED) is 0.789. The highest BCUT2D eigenvalue weighted by Gasteiger charge is 2.32. The van der Waals surface area contributed by atoms with Gasteiger partial charge in [0.15, 0.2) is 0 Å². The Labute approximate surface area is 164 Å². The first-order chi connectivity index (χ1) is 13.0. The van der Waals surface area contributed by atoms with Gasteiger partial charge in [-0.25, -0.2) is 4.98 Å². The molecular formula is C20H26N4O2S. The number of carbonyl (C=O) groups is 2. The summed E-state index contributed by atoms with van der Waals surface area (Å²) >= 11 is 1.55. The van der Waals surface area contributed by atoms with Crippen LogP contribution < -0.4 is 5.32 Å². The van der Waals surface area contributed by atoms with Crippen LogP contribution in [0.15, 0.2) is 35.7 Å². The SMILES string of the molecule is Cc1csc(CN(C)C(=O)CC2C(=O)NCCN2CCc2ccccc2)n1. The van der Waals surface area contributed by atoms with Gasteiger partial charge < -0.3 is 10.2 Å². The van der Waals surface area contributed by atoms with Gasteiger partial charge in [0.2, 0.25) is 11.8 Å². The van der Waals surface area contributed by atoms with Crippen LogP contribution in [0.1, 0.15) is 22.7 Å². The van der Waals surface area contributed by atoms with Crippen LogP contribution in [0.25, 0.3) is 0 Å². The van der Waals surface area contributed by atoms with Gasteiger partial charge in [-0.15, -0.1) is 11.3 Å². The van der Waals surface area contributed by atoms with E-state index in [0.717, 1.165) is 30.2 Å². The summed E-state index contributed by atoms with van der Waals surface area (Å²) in [6.45, 7) is 4.59. The summed E-state index contributed by atoms with van der Waals surface area (Å²) in [4.78, 5) is 33.3. The molecule has 6 nitrogen and oxygen atoms in total. The Bertz CT molecular complexity index is 777. The molecule has 2 heterocycles. The lowest BCUT2D eigenvalue weighted by atomic mass is 10.1. The zero-order chi connectivity index (χ0) is 19.2. The summed E-state index contributed by atoms with van der Waals surface area (Å²) in [6, 6.07) is 9.82. The molecule has 0 saturated carbocycles. The first-order valence-corrected chi connectivity index (χ1v) is 10.1. The molecule has 3 rings (SSSR count). The number of benzene rings is 1. The molecule has 1 aromatic heterocycles. The van der Waals surface area contributed by atoms with Gasteiger partial charge in [0.25, 0.3) is 0 Å². The van der Waals surface area contributed by atoms with Crippen LogP contribution in [0.2, 0.25) is 0 Å². The Balaban J connectivity index is 1.58. The third-order valence-corrected chi connectivity index (χ3v) is 5.76. The average Bonchev–Trinajstić information content (AvgIpc) is 3.07. The lowest BCUT2D eigenvalue weighted by Gasteiger charge is -2.35. The first-order valence-electron chi connectivity index (χ1n) is 9.23. The second-order valence-electron chi connectivity index (χ2n) is 6.91. The van der Waals surface area contributed by atoms with Crippen LogP contribution in [-0.2, 0) is 22.6 Å². The number of rotatable bonds is 7. The molecule has 2 aromatic rings. The maximum absolute atomic E-state index is 12.7. The van der Waals surface area contributed by atoms with Crippen LogP contribution >= 0.6 is 11.3 Å². The van der Waals surface area contributed by atoms with E-state index in [1.807, 2.05) is 30.5 Å². The molecule has 1 aromatic carbocycles. The van der Waals surface area contributed by atoms with E-state index >= 15 is 0 Å². The molecule has 1 aliphatic rings. The van der Waals surface area contributed by atoms with E-state index in [1.165, 1.54) is 5.56 Å². The van der Waals surface area contributed by atoms with Crippen molar-refractivity contribution in [2.24, 2.45) is 0 Å². The topological polar surface area (TPSA) is 65.5 Å². The Morgan fingerprint density at radius 2 is 2.15 bits per heavy atom. The fourth-order valence-electron chi connectivity index (χ4n) is 3.26. The lowest BCUT2D eigenvalue weighted by Crippen LogP contribution is -2.56. The summed E-state index contributed by atoms with van der Waals surface area (Å²) in [7, 11) is 1.77. The van der Waals surface area contributed by atoms with Crippen LogP contribution in [0, 0.1) is 6.92 Å². The van der Waals surface area contributed by atoms with Crippen molar-refractivity contribution in [3.63, 3.8) is 0 Å². The summed E-state index contributed by atoms with van der Waals surface area (Å²) < 4.78 is 0. The zero-order valence-electron chi connectivity index (χ0n) is 15.9. The molecule has 0 bridgehead atoms. The minimum atomic E-state index is -0.407. The number of aryl methyl sites for hydroxylation is 1. The second kappa shape index (κ2) is 9.10. The lowest BCUT2D eigenvalue weighted by molar-refractivity contribution is -0.138. The molecule has 1 unspecified atom stereocenters. The Kier molecular flexibility index (Phi) is 6.58. The van der Waals surface area contributed by atoms with Gasteiger partial charge in [-0.2, -0.15) is 0 Å². The number of amides is 2. The molecule has 1 atom stereocenters. The molecular weight excluding hydrogens is 360 g/mol. The molecule has 1 aliphatic heterocycles. The summed E-state index contributed by atoms with van der Waals surface area (Å²) in [5.41, 5.74) is 2.21. The zero-order valence-corrected chi connectivity index (χ0v) is 16.7. The molecule has 1 saturated heterocycles. The molecule has 2 amide bonds. The van der Waals surface area contributed by atoms with Crippen molar-refractivity contribution in [1.29, 1.82) is 0 Å². The van der Waals surface area contributed by atoms with Crippen molar-refractivity contribution < 1.29 is 9.59 Å². The largest absolute Gasteiger partial charge is 0.353 e. The van der Waals surface area contributed by atoms with E-state index in [0.29, 0.717) is 13.1 Å². The van der Waals surface area contributed by atoms with E-state index in [9.17, 15) is 9.59 Å². The Morgan fingerprint density at radius 3 is 2.85 bits per heavy atom. The minimum absolute atomic E-state index is 0.0328. The van der Waals surface area contributed by atoms with Crippen LogP contribution in [0.4, 0.5) is 0 Å². The molecule has 1 fully saturated rings. The van der Waals surface area contributed by atoms with Gasteiger partial charge in [-0.05, 0) is 18.9 Å². The van der Waals surface area contributed by atoms with Gasteiger partial charge in [0, 0.05) is 37.8 Å². The van der Waals surface area contributed by atoms with Crippen molar-refractivity contribution in [2.45, 2.75) is 32.4 Å². The van der Waals surface area contributed by atoms with E-state index in [1.54, 1.807) is 23.3 Å². The third-order valence-electron chi connectivity index (χ3n) is 4.80. The van der Waals surface area contributed by atoms with Crippen molar-refractivity contribution in [3.05, 3.63) is 52.0 Å². The number of aromatic nitrogens is 1. The fraction of sp³-hybridized carbons (Fsp3) is 0.450. The number of hydrogen-bond acceptors (Lipinski definition) is 5. The molecule has 0 spiro atoms. The van der Waals surface area contributed by atoms with Gasteiger partial charge in [-0.3, -0.25) is 14.5 Å². The predicted molar refractivity (Wildman–Crippen MR) is 106 cm³/mol. The van der Waals surface area contributed by atoms with Crippen LogP contribution in [0.5, 0.6) is 0 Å². The highest BCUT2D eigenvalue weighted by atomic mass is 32.1. The van der Waals surface area contributed by atoms with Crippen LogP contribution in [-0.4, -0.2) is 59.3 Å². The molecule has 7 heteroatoms. The molecule has 0 aliphatic carbocycles. The highest BCUT2D eigenvalue weighted by molar-refractivity contribution is 7.09. The number of piperazine rings is 1. The van der Waals surface area contributed by atoms with Gasteiger partial charge in [-0.1, -0.05) is 30.3 Å². The summed E-state index contributed by atoms with van der Waals surface area (Å²) in [6.07, 6.45) is 1.06. The van der Waals surface area contributed by atoms with Crippen molar-refractivity contribution >= 4 is 23.2 Å². The molecule has 1 N–H and O–H groups in total. The number of carbonyl (C=O) groups excluding carboxylic acids is 2. The maximum Gasteiger partial charge on any atom is 0.237 e. The monoisotopic (exact) mass is 386 g/mol. The van der Waals surface area contributed by atoms with E-state index in [4.69, 9.17) is 0 Å². The Hall–Kier alpha value is -2.25. The summed E-state index contributed by atoms with van der Waals surface area (Å²) in [5.74, 6) is -0.0873.